The van der Waals surface area contributed by atoms with E-state index in [0.29, 0.717) is 0 Å². The average molecular weight is 257 g/mol. The molecule has 96 valence electrons. The second kappa shape index (κ2) is 7.70. The third-order valence-corrected chi connectivity index (χ3v) is 3.72. The molecular weight excluding hydrogens is 232 g/mol. The Morgan fingerprint density at radius 1 is 1.06 bits per heavy atom. The molecule has 1 rings (SSSR count). The van der Waals surface area contributed by atoms with Gasteiger partial charge in [0.15, 0.2) is 0 Å². The molecule has 0 aliphatic rings. The van der Waals surface area contributed by atoms with Crippen LogP contribution in [0, 0.1) is 0 Å². The number of halogens is 1. The zero-order valence-corrected chi connectivity index (χ0v) is 12.0. The Labute approximate surface area is 110 Å². The van der Waals surface area contributed by atoms with E-state index in [2.05, 4.69) is 33.0 Å². The molecule has 1 aromatic rings. The molecule has 0 saturated heterocycles. The molecule has 0 bridgehead atoms. The summed E-state index contributed by atoms with van der Waals surface area (Å²) in [5.41, 5.74) is 1.25. The van der Waals surface area contributed by atoms with Gasteiger partial charge in [-0.3, -0.25) is 0 Å². The molecule has 0 spiro atoms. The number of hydrogen-bond donors (Lipinski definition) is 2. The minimum Gasteiger partial charge on any atom is -0.331 e. The molecule has 0 aliphatic heterocycles. The smallest absolute Gasteiger partial charge is 0.127 e. The summed E-state index contributed by atoms with van der Waals surface area (Å²) in [5, 5.41) is 0.891. The highest BCUT2D eigenvalue weighted by molar-refractivity contribution is 6.31. The van der Waals surface area contributed by atoms with Crippen molar-refractivity contribution in [3.8, 4) is 0 Å². The Hall–Kier alpha value is -0.570. The lowest BCUT2D eigenvalue weighted by molar-refractivity contribution is -0.953. The molecular formula is C14H25ClN2+2. The fourth-order valence-electron chi connectivity index (χ4n) is 2.05. The summed E-state index contributed by atoms with van der Waals surface area (Å²) in [5.74, 6) is 0. The number of nitrogens with one attached hydrogen (secondary N) is 2. The SMILES string of the molecule is CC[NH+](CC)CC[NH+](C)Cc1ccccc1Cl. The Morgan fingerprint density at radius 2 is 1.71 bits per heavy atom. The first kappa shape index (κ1) is 14.5. The van der Waals surface area contributed by atoms with Gasteiger partial charge < -0.3 is 9.80 Å². The van der Waals surface area contributed by atoms with Crippen LogP contribution in [0.25, 0.3) is 0 Å². The van der Waals surface area contributed by atoms with E-state index in [0.717, 1.165) is 11.6 Å². The van der Waals surface area contributed by atoms with Crippen molar-refractivity contribution < 1.29 is 9.80 Å². The quantitative estimate of drug-likeness (QED) is 0.694. The van der Waals surface area contributed by atoms with Crippen molar-refractivity contribution in [3.63, 3.8) is 0 Å². The first-order valence-corrected chi connectivity index (χ1v) is 6.93. The monoisotopic (exact) mass is 256 g/mol. The highest BCUT2D eigenvalue weighted by Gasteiger charge is 2.10. The molecule has 1 unspecified atom stereocenters. The van der Waals surface area contributed by atoms with Gasteiger partial charge in [-0.25, -0.2) is 0 Å². The van der Waals surface area contributed by atoms with Gasteiger partial charge in [0.25, 0.3) is 0 Å². The Morgan fingerprint density at radius 3 is 2.29 bits per heavy atom. The van der Waals surface area contributed by atoms with E-state index in [-0.39, 0.29) is 0 Å². The van der Waals surface area contributed by atoms with Crippen LogP contribution in [0.3, 0.4) is 0 Å². The third-order valence-electron chi connectivity index (χ3n) is 3.36. The van der Waals surface area contributed by atoms with Gasteiger partial charge in [-0.2, -0.15) is 0 Å². The average Bonchev–Trinajstić information content (AvgIpc) is 2.33. The van der Waals surface area contributed by atoms with Crippen molar-refractivity contribution in [1.29, 1.82) is 0 Å². The Balaban J connectivity index is 2.39. The third kappa shape index (κ3) is 5.07. The van der Waals surface area contributed by atoms with Gasteiger partial charge >= 0.3 is 0 Å². The molecule has 17 heavy (non-hydrogen) atoms. The van der Waals surface area contributed by atoms with Crippen LogP contribution in [0.15, 0.2) is 24.3 Å². The van der Waals surface area contributed by atoms with Crippen molar-refractivity contribution in [3.05, 3.63) is 34.9 Å². The Bertz CT molecular complexity index is 324. The lowest BCUT2D eigenvalue weighted by Gasteiger charge is -2.19. The number of likely N-dealkylation sites (N-methyl/N-ethyl adjacent to an activating group) is 2. The van der Waals surface area contributed by atoms with Crippen LogP contribution in [0.4, 0.5) is 0 Å². The molecule has 0 radical (unpaired) electrons. The number of benzene rings is 1. The maximum atomic E-state index is 6.17. The second-order valence-corrected chi connectivity index (χ2v) is 5.09. The van der Waals surface area contributed by atoms with Crippen LogP contribution in [0.1, 0.15) is 19.4 Å². The summed E-state index contributed by atoms with van der Waals surface area (Å²) in [7, 11) is 2.24. The number of hydrogen-bond acceptors (Lipinski definition) is 0. The largest absolute Gasteiger partial charge is 0.331 e. The van der Waals surface area contributed by atoms with E-state index >= 15 is 0 Å². The minimum absolute atomic E-state index is 0.891. The summed E-state index contributed by atoms with van der Waals surface area (Å²) in [6, 6.07) is 8.14. The molecule has 1 aromatic carbocycles. The van der Waals surface area contributed by atoms with E-state index in [1.807, 2.05) is 12.1 Å². The van der Waals surface area contributed by atoms with Gasteiger partial charge in [-0.15, -0.1) is 0 Å². The molecule has 2 N–H and O–H groups in total. The van der Waals surface area contributed by atoms with Gasteiger partial charge in [-0.1, -0.05) is 29.8 Å². The number of rotatable bonds is 7. The topological polar surface area (TPSA) is 8.88 Å². The summed E-state index contributed by atoms with van der Waals surface area (Å²) in [4.78, 5) is 3.20. The highest BCUT2D eigenvalue weighted by atomic mass is 35.5. The minimum atomic E-state index is 0.891. The van der Waals surface area contributed by atoms with Gasteiger partial charge in [-0.05, 0) is 19.9 Å². The van der Waals surface area contributed by atoms with Gasteiger partial charge in [0.2, 0.25) is 0 Å². The fourth-order valence-corrected chi connectivity index (χ4v) is 2.25. The van der Waals surface area contributed by atoms with Crippen LogP contribution in [-0.4, -0.2) is 33.2 Å². The lowest BCUT2D eigenvalue weighted by Crippen LogP contribution is -3.18. The second-order valence-electron chi connectivity index (χ2n) is 4.68. The molecule has 0 saturated carbocycles. The van der Waals surface area contributed by atoms with E-state index in [1.54, 1.807) is 4.90 Å². The summed E-state index contributed by atoms with van der Waals surface area (Å²) in [6.07, 6.45) is 0. The predicted molar refractivity (Wildman–Crippen MR) is 73.8 cm³/mol. The van der Waals surface area contributed by atoms with E-state index in [1.165, 1.54) is 36.6 Å². The summed E-state index contributed by atoms with van der Waals surface area (Å²) in [6.45, 7) is 10.4. The van der Waals surface area contributed by atoms with Crippen molar-refractivity contribution in [1.82, 2.24) is 0 Å². The maximum absolute atomic E-state index is 6.17. The fraction of sp³-hybridized carbons (Fsp3) is 0.571. The van der Waals surface area contributed by atoms with Gasteiger partial charge in [0.1, 0.15) is 19.6 Å². The van der Waals surface area contributed by atoms with E-state index in [4.69, 9.17) is 11.6 Å². The molecule has 3 heteroatoms. The molecule has 1 atom stereocenters. The van der Waals surface area contributed by atoms with Crippen LogP contribution < -0.4 is 9.80 Å². The van der Waals surface area contributed by atoms with Crippen molar-refractivity contribution in [2.75, 3.05) is 33.2 Å². The predicted octanol–water partition coefficient (Wildman–Crippen LogP) is 0.279. The van der Waals surface area contributed by atoms with Crippen LogP contribution in [0.2, 0.25) is 5.02 Å². The zero-order valence-electron chi connectivity index (χ0n) is 11.2. The zero-order chi connectivity index (χ0) is 12.7. The Kier molecular flexibility index (Phi) is 6.56. The van der Waals surface area contributed by atoms with Crippen molar-refractivity contribution >= 4 is 11.6 Å². The standard InChI is InChI=1S/C14H23ClN2/c1-4-17(5-2)11-10-16(3)12-13-8-6-7-9-14(13)15/h6-9H,4-5,10-12H2,1-3H3/p+2. The van der Waals surface area contributed by atoms with Crippen LogP contribution in [-0.2, 0) is 6.54 Å². The first-order chi connectivity index (χ1) is 8.17. The van der Waals surface area contributed by atoms with E-state index in [9.17, 15) is 0 Å². The lowest BCUT2D eigenvalue weighted by atomic mass is 10.2. The molecule has 0 amide bonds. The van der Waals surface area contributed by atoms with Crippen LogP contribution in [0.5, 0.6) is 0 Å². The first-order valence-electron chi connectivity index (χ1n) is 6.55. The molecule has 0 fully saturated rings. The summed E-state index contributed by atoms with van der Waals surface area (Å²) < 4.78 is 0. The molecule has 0 heterocycles. The van der Waals surface area contributed by atoms with Gasteiger partial charge in [0, 0.05) is 10.6 Å². The van der Waals surface area contributed by atoms with Crippen molar-refractivity contribution in [2.45, 2.75) is 20.4 Å². The van der Waals surface area contributed by atoms with Gasteiger partial charge in [0.05, 0.1) is 20.1 Å². The summed E-state index contributed by atoms with van der Waals surface area (Å²) >= 11 is 6.17. The maximum Gasteiger partial charge on any atom is 0.127 e. The van der Waals surface area contributed by atoms with Crippen molar-refractivity contribution in [2.24, 2.45) is 0 Å². The van der Waals surface area contributed by atoms with Crippen LogP contribution >= 0.6 is 11.6 Å². The highest BCUT2D eigenvalue weighted by Crippen LogP contribution is 2.13. The molecule has 0 aromatic heterocycles. The molecule has 0 aliphatic carbocycles. The number of quaternary nitrogens is 2. The van der Waals surface area contributed by atoms with E-state index < -0.39 is 0 Å². The molecule has 2 nitrogen and oxygen atoms in total. The normalized spacial score (nSPS) is 13.0.